The van der Waals surface area contributed by atoms with Crippen molar-refractivity contribution in [1.82, 2.24) is 19.9 Å². The summed E-state index contributed by atoms with van der Waals surface area (Å²) in [6, 6.07) is 21.4. The number of methoxy groups -OCH3 is 1. The van der Waals surface area contributed by atoms with E-state index in [1.165, 1.54) is 7.11 Å². The van der Waals surface area contributed by atoms with Crippen LogP contribution in [0.15, 0.2) is 72.8 Å². The summed E-state index contributed by atoms with van der Waals surface area (Å²) in [5.74, 6) is 1.92. The highest BCUT2D eigenvalue weighted by molar-refractivity contribution is 7.88. The number of aromatic nitrogens is 3. The molecule has 0 bridgehead atoms. The summed E-state index contributed by atoms with van der Waals surface area (Å²) >= 11 is 0. The fraction of sp³-hybridized carbons (Fsp3) is 0.160. The van der Waals surface area contributed by atoms with Gasteiger partial charge in [-0.3, -0.25) is 9.89 Å². The fourth-order valence-corrected chi connectivity index (χ4v) is 3.85. The van der Waals surface area contributed by atoms with Crippen molar-refractivity contribution < 1.29 is 22.7 Å². The zero-order chi connectivity index (χ0) is 24.8. The molecule has 0 aliphatic rings. The first-order valence-electron chi connectivity index (χ1n) is 10.7. The molecule has 180 valence electrons. The number of carbonyl (C=O) groups is 1. The third-order valence-electron chi connectivity index (χ3n) is 5.09. The zero-order valence-corrected chi connectivity index (χ0v) is 20.0. The maximum absolute atomic E-state index is 13.0. The number of ketones is 1. The van der Waals surface area contributed by atoms with E-state index in [0.717, 1.165) is 11.8 Å². The van der Waals surface area contributed by atoms with Gasteiger partial charge in [0.1, 0.15) is 18.1 Å². The molecule has 0 saturated carbocycles. The molecule has 9 nitrogen and oxygen atoms in total. The molecule has 0 aliphatic heterocycles. The summed E-state index contributed by atoms with van der Waals surface area (Å²) in [5, 5.41) is 7.24. The van der Waals surface area contributed by atoms with Gasteiger partial charge in [0.2, 0.25) is 10.0 Å². The molecule has 0 atom stereocenters. The summed E-state index contributed by atoms with van der Waals surface area (Å²) in [6.07, 6.45) is 1.10. The number of nitrogens with zero attached hydrogens (tertiary/aromatic N) is 2. The minimum atomic E-state index is -3.24. The Hall–Kier alpha value is -4.02. The average Bonchev–Trinajstić information content (AvgIpc) is 3.36. The van der Waals surface area contributed by atoms with Crippen LogP contribution in [0, 0.1) is 0 Å². The summed E-state index contributed by atoms with van der Waals surface area (Å²) < 4.78 is 35.5. The number of nitrogens with one attached hydrogen (secondary N) is 2. The van der Waals surface area contributed by atoms with Crippen molar-refractivity contribution in [3.8, 4) is 34.3 Å². The molecule has 4 aromatic rings. The smallest absolute Gasteiger partial charge is 0.208 e. The van der Waals surface area contributed by atoms with E-state index in [-0.39, 0.29) is 18.9 Å². The lowest BCUT2D eigenvalue weighted by molar-refractivity contribution is 0.103. The number of hydrogen-bond acceptors (Lipinski definition) is 7. The number of rotatable bonds is 10. The van der Waals surface area contributed by atoms with Crippen molar-refractivity contribution in [2.24, 2.45) is 0 Å². The lowest BCUT2D eigenvalue weighted by atomic mass is 10.00. The predicted octanol–water partition coefficient (Wildman–Crippen LogP) is 3.31. The largest absolute Gasteiger partial charge is 0.496 e. The third-order valence-corrected chi connectivity index (χ3v) is 5.81. The molecule has 0 amide bonds. The summed E-state index contributed by atoms with van der Waals surface area (Å²) in [4.78, 5) is 17.6. The Labute approximate surface area is 203 Å². The van der Waals surface area contributed by atoms with Crippen LogP contribution in [0.5, 0.6) is 11.5 Å². The highest BCUT2D eigenvalue weighted by atomic mass is 32.2. The van der Waals surface area contributed by atoms with Crippen LogP contribution >= 0.6 is 0 Å². The molecule has 4 rings (SSSR count). The van der Waals surface area contributed by atoms with E-state index in [1.54, 1.807) is 42.5 Å². The van der Waals surface area contributed by atoms with Crippen LogP contribution in [0.2, 0.25) is 0 Å². The number of aromatic amines is 1. The third kappa shape index (κ3) is 6.11. The SMILES string of the molecule is COc1ccc(-c2n[nH]c(-c3ccc(OCCNS(C)(=O)=O)cc3)n2)cc1C(=O)c1ccccc1. The van der Waals surface area contributed by atoms with Crippen molar-refractivity contribution in [2.75, 3.05) is 26.5 Å². The van der Waals surface area contributed by atoms with Gasteiger partial charge >= 0.3 is 0 Å². The van der Waals surface area contributed by atoms with E-state index < -0.39 is 10.0 Å². The minimum Gasteiger partial charge on any atom is -0.496 e. The second-order valence-corrected chi connectivity index (χ2v) is 9.49. The molecule has 1 aromatic heterocycles. The first kappa shape index (κ1) is 24.1. The van der Waals surface area contributed by atoms with Crippen LogP contribution in [-0.4, -0.2) is 55.9 Å². The van der Waals surface area contributed by atoms with Crippen molar-refractivity contribution in [3.63, 3.8) is 0 Å². The van der Waals surface area contributed by atoms with Gasteiger partial charge in [-0.05, 0) is 42.5 Å². The average molecular weight is 493 g/mol. The number of ether oxygens (including phenoxy) is 2. The van der Waals surface area contributed by atoms with Gasteiger partial charge in [-0.2, -0.15) is 5.10 Å². The maximum atomic E-state index is 13.0. The highest BCUT2D eigenvalue weighted by Gasteiger charge is 2.17. The molecular formula is C25H24N4O5S. The minimum absolute atomic E-state index is 0.151. The molecule has 0 aliphatic carbocycles. The van der Waals surface area contributed by atoms with E-state index in [2.05, 4.69) is 19.9 Å². The van der Waals surface area contributed by atoms with Crippen LogP contribution in [0.1, 0.15) is 15.9 Å². The van der Waals surface area contributed by atoms with Gasteiger partial charge in [0.05, 0.1) is 18.9 Å². The Morgan fingerprint density at radius 2 is 1.71 bits per heavy atom. The molecule has 3 aromatic carbocycles. The van der Waals surface area contributed by atoms with Gasteiger partial charge < -0.3 is 9.47 Å². The van der Waals surface area contributed by atoms with E-state index in [1.807, 2.05) is 30.3 Å². The monoisotopic (exact) mass is 492 g/mol. The normalized spacial score (nSPS) is 11.3. The predicted molar refractivity (Wildman–Crippen MR) is 132 cm³/mol. The standard InChI is InChI=1S/C25H24N4O5S/c1-33-22-13-10-19(16-21(22)23(30)17-6-4-3-5-7-17)25-27-24(28-29-25)18-8-11-20(12-9-18)34-15-14-26-35(2,31)32/h3-13,16,26H,14-15H2,1-2H3,(H,27,28,29). The van der Waals surface area contributed by atoms with Crippen molar-refractivity contribution in [3.05, 3.63) is 83.9 Å². The Morgan fingerprint density at radius 1 is 1.00 bits per heavy atom. The van der Waals surface area contributed by atoms with Gasteiger partial charge in [-0.1, -0.05) is 30.3 Å². The summed E-state index contributed by atoms with van der Waals surface area (Å²) in [6.45, 7) is 0.392. The van der Waals surface area contributed by atoms with Crippen LogP contribution in [0.4, 0.5) is 0 Å². The van der Waals surface area contributed by atoms with E-state index >= 15 is 0 Å². The number of sulfonamides is 1. The summed E-state index contributed by atoms with van der Waals surface area (Å²) in [7, 11) is -1.72. The molecule has 0 saturated heterocycles. The van der Waals surface area contributed by atoms with Crippen LogP contribution in [0.3, 0.4) is 0 Å². The van der Waals surface area contributed by atoms with Crippen molar-refractivity contribution in [2.45, 2.75) is 0 Å². The quantitative estimate of drug-likeness (QED) is 0.257. The molecule has 1 heterocycles. The summed E-state index contributed by atoms with van der Waals surface area (Å²) in [5.41, 5.74) is 2.45. The Bertz CT molecular complexity index is 1420. The van der Waals surface area contributed by atoms with Gasteiger partial charge in [0.25, 0.3) is 0 Å². The van der Waals surface area contributed by atoms with Crippen LogP contribution < -0.4 is 14.2 Å². The lowest BCUT2D eigenvalue weighted by Crippen LogP contribution is -2.26. The van der Waals surface area contributed by atoms with Crippen molar-refractivity contribution in [1.29, 1.82) is 0 Å². The second kappa shape index (κ2) is 10.5. The lowest BCUT2D eigenvalue weighted by Gasteiger charge is -2.09. The van der Waals surface area contributed by atoms with Gasteiger partial charge in [0.15, 0.2) is 17.4 Å². The number of benzene rings is 3. The molecule has 0 radical (unpaired) electrons. The van der Waals surface area contributed by atoms with E-state index in [4.69, 9.17) is 9.47 Å². The Kier molecular flexibility index (Phi) is 7.23. The Balaban J connectivity index is 1.50. The molecule has 0 spiro atoms. The van der Waals surface area contributed by atoms with Gasteiger partial charge in [-0.25, -0.2) is 18.1 Å². The van der Waals surface area contributed by atoms with E-state index in [0.29, 0.717) is 39.8 Å². The van der Waals surface area contributed by atoms with Crippen LogP contribution in [-0.2, 0) is 10.0 Å². The molecular weight excluding hydrogens is 468 g/mol. The van der Waals surface area contributed by atoms with Gasteiger partial charge in [0, 0.05) is 23.2 Å². The number of H-pyrrole nitrogens is 1. The van der Waals surface area contributed by atoms with Crippen LogP contribution in [0.25, 0.3) is 22.8 Å². The molecule has 35 heavy (non-hydrogen) atoms. The second-order valence-electron chi connectivity index (χ2n) is 7.66. The maximum Gasteiger partial charge on any atom is 0.208 e. The first-order chi connectivity index (χ1) is 16.8. The fourth-order valence-electron chi connectivity index (χ4n) is 3.39. The molecule has 0 fully saturated rings. The molecule has 2 N–H and O–H groups in total. The first-order valence-corrected chi connectivity index (χ1v) is 12.6. The van der Waals surface area contributed by atoms with Gasteiger partial charge in [-0.15, -0.1) is 0 Å². The topological polar surface area (TPSA) is 123 Å². The highest BCUT2D eigenvalue weighted by Crippen LogP contribution is 2.28. The molecule has 10 heteroatoms. The zero-order valence-electron chi connectivity index (χ0n) is 19.2. The number of hydrogen-bond donors (Lipinski definition) is 2. The van der Waals surface area contributed by atoms with E-state index in [9.17, 15) is 13.2 Å². The Morgan fingerprint density at radius 3 is 2.40 bits per heavy atom. The molecule has 0 unspecified atom stereocenters. The van der Waals surface area contributed by atoms with Crippen molar-refractivity contribution >= 4 is 15.8 Å². The number of carbonyl (C=O) groups excluding carboxylic acids is 1.